The summed E-state index contributed by atoms with van der Waals surface area (Å²) in [6.45, 7) is 1.93. The van der Waals surface area contributed by atoms with Gasteiger partial charge in [0.1, 0.15) is 18.2 Å². The number of carbonyl (C=O) groups is 2. The van der Waals surface area contributed by atoms with Gasteiger partial charge in [0.05, 0.1) is 19.1 Å². The zero-order valence-corrected chi connectivity index (χ0v) is 14.1. The average Bonchev–Trinajstić information content (AvgIpc) is 2.61. The lowest BCUT2D eigenvalue weighted by molar-refractivity contribution is -0.141. The number of esters is 1. The number of hydrogen-bond acceptors (Lipinski definition) is 4. The largest absolute Gasteiger partial charge is 0.488 e. The van der Waals surface area contributed by atoms with E-state index in [0.717, 1.165) is 5.56 Å². The molecule has 0 radical (unpaired) electrons. The Kier molecular flexibility index (Phi) is 6.51. The molecular weight excluding hydrogens is 325 g/mol. The van der Waals surface area contributed by atoms with E-state index in [-0.39, 0.29) is 30.8 Å². The van der Waals surface area contributed by atoms with Crippen LogP contribution in [-0.2, 0) is 16.1 Å². The summed E-state index contributed by atoms with van der Waals surface area (Å²) in [6, 6.07) is 12.4. The third kappa shape index (κ3) is 5.60. The molecule has 0 spiro atoms. The summed E-state index contributed by atoms with van der Waals surface area (Å²) in [5.41, 5.74) is 1.15. The second kappa shape index (κ2) is 8.82. The van der Waals surface area contributed by atoms with Crippen LogP contribution >= 0.6 is 0 Å². The first-order valence-corrected chi connectivity index (χ1v) is 7.83. The van der Waals surface area contributed by atoms with Crippen molar-refractivity contribution in [2.45, 2.75) is 26.0 Å². The van der Waals surface area contributed by atoms with E-state index in [4.69, 9.17) is 4.74 Å². The fourth-order valence-electron chi connectivity index (χ4n) is 2.21. The summed E-state index contributed by atoms with van der Waals surface area (Å²) in [7, 11) is 1.30. The van der Waals surface area contributed by atoms with Gasteiger partial charge in [-0.05, 0) is 36.8 Å². The van der Waals surface area contributed by atoms with Crippen LogP contribution in [-0.4, -0.2) is 25.0 Å². The average molecular weight is 345 g/mol. The van der Waals surface area contributed by atoms with E-state index in [2.05, 4.69) is 10.1 Å². The van der Waals surface area contributed by atoms with Gasteiger partial charge >= 0.3 is 5.97 Å². The molecule has 0 aliphatic rings. The maximum absolute atomic E-state index is 12.9. The number of methoxy groups -OCH3 is 1. The van der Waals surface area contributed by atoms with E-state index in [0.29, 0.717) is 11.3 Å². The predicted molar refractivity (Wildman–Crippen MR) is 90.7 cm³/mol. The third-order valence-corrected chi connectivity index (χ3v) is 3.52. The molecule has 0 heterocycles. The Morgan fingerprint density at radius 3 is 2.48 bits per heavy atom. The first-order valence-electron chi connectivity index (χ1n) is 7.83. The summed E-state index contributed by atoms with van der Waals surface area (Å²) in [4.78, 5) is 23.7. The Balaban J connectivity index is 2.02. The van der Waals surface area contributed by atoms with E-state index in [1.807, 2.05) is 0 Å². The van der Waals surface area contributed by atoms with Gasteiger partial charge in [-0.15, -0.1) is 0 Å². The Labute approximate surface area is 145 Å². The van der Waals surface area contributed by atoms with Gasteiger partial charge in [0.2, 0.25) is 0 Å². The Morgan fingerprint density at radius 2 is 1.80 bits per heavy atom. The van der Waals surface area contributed by atoms with E-state index in [1.165, 1.54) is 19.2 Å². The molecule has 6 heteroatoms. The molecule has 132 valence electrons. The standard InChI is InChI=1S/C19H20FNO4/c1-13(11-18(22)24-2)21-19(23)16-5-3-4-6-17(16)25-12-14-7-9-15(20)10-8-14/h3-10,13H,11-12H2,1-2H3,(H,21,23). The van der Waals surface area contributed by atoms with Crippen molar-refractivity contribution in [2.24, 2.45) is 0 Å². The van der Waals surface area contributed by atoms with Crippen molar-refractivity contribution in [2.75, 3.05) is 7.11 Å². The highest BCUT2D eigenvalue weighted by Gasteiger charge is 2.16. The van der Waals surface area contributed by atoms with Gasteiger partial charge in [-0.3, -0.25) is 9.59 Å². The molecule has 0 aliphatic carbocycles. The monoisotopic (exact) mass is 345 g/mol. The fourth-order valence-corrected chi connectivity index (χ4v) is 2.21. The van der Waals surface area contributed by atoms with Crippen molar-refractivity contribution >= 4 is 11.9 Å². The van der Waals surface area contributed by atoms with E-state index in [1.54, 1.807) is 43.3 Å². The summed E-state index contributed by atoms with van der Waals surface area (Å²) in [6.07, 6.45) is 0.0842. The first-order chi connectivity index (χ1) is 12.0. The summed E-state index contributed by atoms with van der Waals surface area (Å²) < 4.78 is 23.2. The van der Waals surface area contributed by atoms with Crippen molar-refractivity contribution in [1.82, 2.24) is 5.32 Å². The van der Waals surface area contributed by atoms with Crippen molar-refractivity contribution < 1.29 is 23.5 Å². The molecule has 2 aromatic rings. The quantitative estimate of drug-likeness (QED) is 0.783. The van der Waals surface area contributed by atoms with Gasteiger partial charge in [0.25, 0.3) is 5.91 Å². The summed E-state index contributed by atoms with van der Waals surface area (Å²) >= 11 is 0. The van der Waals surface area contributed by atoms with E-state index in [9.17, 15) is 14.0 Å². The highest BCUT2D eigenvalue weighted by molar-refractivity contribution is 5.97. The minimum atomic E-state index is -0.395. The predicted octanol–water partition coefficient (Wildman–Crippen LogP) is 3.09. The molecule has 0 saturated heterocycles. The van der Waals surface area contributed by atoms with Gasteiger partial charge in [-0.2, -0.15) is 0 Å². The van der Waals surface area contributed by atoms with Gasteiger partial charge in [0, 0.05) is 6.04 Å². The molecule has 0 bridgehead atoms. The SMILES string of the molecule is COC(=O)CC(C)NC(=O)c1ccccc1OCc1ccc(F)cc1. The Hall–Kier alpha value is -2.89. The van der Waals surface area contributed by atoms with Crippen LogP contribution in [0, 0.1) is 5.82 Å². The molecular formula is C19H20FNO4. The Morgan fingerprint density at radius 1 is 1.12 bits per heavy atom. The zero-order chi connectivity index (χ0) is 18.2. The molecule has 5 nitrogen and oxygen atoms in total. The van der Waals surface area contributed by atoms with Crippen molar-refractivity contribution in [1.29, 1.82) is 0 Å². The maximum Gasteiger partial charge on any atom is 0.307 e. The molecule has 0 saturated carbocycles. The van der Waals surface area contributed by atoms with Crippen LogP contribution < -0.4 is 10.1 Å². The number of nitrogens with one attached hydrogen (secondary N) is 1. The number of para-hydroxylation sites is 1. The third-order valence-electron chi connectivity index (χ3n) is 3.52. The second-order valence-electron chi connectivity index (χ2n) is 5.57. The van der Waals surface area contributed by atoms with Crippen LogP contribution in [0.2, 0.25) is 0 Å². The van der Waals surface area contributed by atoms with Crippen LogP contribution in [0.5, 0.6) is 5.75 Å². The highest BCUT2D eigenvalue weighted by atomic mass is 19.1. The van der Waals surface area contributed by atoms with Gasteiger partial charge in [-0.1, -0.05) is 24.3 Å². The van der Waals surface area contributed by atoms with Crippen LogP contribution in [0.1, 0.15) is 29.3 Å². The highest BCUT2D eigenvalue weighted by Crippen LogP contribution is 2.20. The number of ether oxygens (including phenoxy) is 2. The van der Waals surface area contributed by atoms with Gasteiger partial charge in [0.15, 0.2) is 0 Å². The second-order valence-corrected chi connectivity index (χ2v) is 5.57. The number of halogens is 1. The molecule has 25 heavy (non-hydrogen) atoms. The maximum atomic E-state index is 12.9. The molecule has 2 rings (SSSR count). The first kappa shape index (κ1) is 18.4. The van der Waals surface area contributed by atoms with Gasteiger partial charge in [-0.25, -0.2) is 4.39 Å². The lowest BCUT2D eigenvalue weighted by Gasteiger charge is -2.15. The molecule has 1 unspecified atom stereocenters. The molecule has 0 aliphatic heterocycles. The molecule has 0 aromatic heterocycles. The van der Waals surface area contributed by atoms with Crippen molar-refractivity contribution in [3.8, 4) is 5.75 Å². The molecule has 1 N–H and O–H groups in total. The topological polar surface area (TPSA) is 64.6 Å². The van der Waals surface area contributed by atoms with Crippen LogP contribution in [0.15, 0.2) is 48.5 Å². The lowest BCUT2D eigenvalue weighted by atomic mass is 10.1. The molecule has 2 aromatic carbocycles. The van der Waals surface area contributed by atoms with Crippen LogP contribution in [0.25, 0.3) is 0 Å². The number of amides is 1. The number of hydrogen-bond donors (Lipinski definition) is 1. The molecule has 0 fully saturated rings. The Bertz CT molecular complexity index is 730. The number of benzene rings is 2. The fraction of sp³-hybridized carbons (Fsp3) is 0.263. The minimum Gasteiger partial charge on any atom is -0.488 e. The minimum absolute atomic E-state index is 0.0842. The summed E-state index contributed by atoms with van der Waals surface area (Å²) in [5, 5.41) is 2.74. The smallest absolute Gasteiger partial charge is 0.307 e. The lowest BCUT2D eigenvalue weighted by Crippen LogP contribution is -2.34. The number of rotatable bonds is 7. The van der Waals surface area contributed by atoms with Gasteiger partial charge < -0.3 is 14.8 Å². The van der Waals surface area contributed by atoms with E-state index >= 15 is 0 Å². The van der Waals surface area contributed by atoms with Crippen LogP contribution in [0.3, 0.4) is 0 Å². The van der Waals surface area contributed by atoms with Crippen molar-refractivity contribution in [3.63, 3.8) is 0 Å². The summed E-state index contributed by atoms with van der Waals surface area (Å²) in [5.74, 6) is -0.641. The van der Waals surface area contributed by atoms with Crippen molar-refractivity contribution in [3.05, 3.63) is 65.5 Å². The van der Waals surface area contributed by atoms with Crippen LogP contribution in [0.4, 0.5) is 4.39 Å². The molecule has 1 amide bonds. The number of carbonyl (C=O) groups excluding carboxylic acids is 2. The van der Waals surface area contributed by atoms with E-state index < -0.39 is 5.97 Å². The normalized spacial score (nSPS) is 11.5. The molecule has 1 atom stereocenters. The zero-order valence-electron chi connectivity index (χ0n) is 14.1.